The highest BCUT2D eigenvalue weighted by atomic mass is 32.2. The molecule has 1 N–H and O–H groups in total. The molecule has 30 heavy (non-hydrogen) atoms. The Morgan fingerprint density at radius 1 is 1.07 bits per heavy atom. The lowest BCUT2D eigenvalue weighted by Gasteiger charge is -2.22. The highest BCUT2D eigenvalue weighted by Crippen LogP contribution is 2.22. The van der Waals surface area contributed by atoms with Gasteiger partial charge in [-0.3, -0.25) is 4.79 Å². The molecule has 1 fully saturated rings. The summed E-state index contributed by atoms with van der Waals surface area (Å²) >= 11 is 0. The van der Waals surface area contributed by atoms with Crippen LogP contribution in [-0.2, 0) is 14.8 Å². The predicted octanol–water partition coefficient (Wildman–Crippen LogP) is 3.35. The van der Waals surface area contributed by atoms with Crippen LogP contribution in [0.25, 0.3) is 0 Å². The number of likely N-dealkylation sites (N-methyl/N-ethyl adjacent to an activating group) is 1. The Morgan fingerprint density at radius 3 is 2.43 bits per heavy atom. The van der Waals surface area contributed by atoms with Crippen LogP contribution in [0.15, 0.2) is 53.4 Å². The number of nitrogens with one attached hydrogen (secondary N) is 1. The molecular formula is C22H28N2O5S. The molecule has 2 aromatic rings. The number of sulfonamides is 1. The van der Waals surface area contributed by atoms with Crippen molar-refractivity contribution in [3.05, 3.63) is 48.5 Å². The van der Waals surface area contributed by atoms with E-state index < -0.39 is 10.0 Å². The Balaban J connectivity index is 1.56. The van der Waals surface area contributed by atoms with Crippen LogP contribution in [0.1, 0.15) is 32.1 Å². The zero-order chi connectivity index (χ0) is 21.6. The lowest BCUT2D eigenvalue weighted by Crippen LogP contribution is -2.36. The second kappa shape index (κ2) is 9.95. The van der Waals surface area contributed by atoms with Crippen molar-refractivity contribution in [2.75, 3.05) is 25.7 Å². The van der Waals surface area contributed by atoms with Gasteiger partial charge in [-0.25, -0.2) is 13.1 Å². The molecule has 1 aliphatic rings. The van der Waals surface area contributed by atoms with Gasteiger partial charge in [-0.1, -0.05) is 25.3 Å². The Bertz CT molecular complexity index is 954. The number of hydrogen-bond donors (Lipinski definition) is 1. The molecule has 7 nitrogen and oxygen atoms in total. The maximum Gasteiger partial charge on any atom is 0.264 e. The first-order valence-electron chi connectivity index (χ1n) is 10.0. The maximum atomic E-state index is 12.6. The summed E-state index contributed by atoms with van der Waals surface area (Å²) in [6, 6.07) is 13.3. The molecule has 1 saturated carbocycles. The Hall–Kier alpha value is -2.58. The average Bonchev–Trinajstić information content (AvgIpc) is 2.77. The molecule has 0 aromatic heterocycles. The van der Waals surface area contributed by atoms with E-state index in [2.05, 4.69) is 4.72 Å². The molecule has 0 spiro atoms. The maximum absolute atomic E-state index is 12.6. The number of methoxy groups -OCH3 is 1. The molecule has 0 atom stereocenters. The summed E-state index contributed by atoms with van der Waals surface area (Å²) in [7, 11) is -0.329. The monoisotopic (exact) mass is 432 g/mol. The standard InChI is InChI=1S/C22H28N2O5S/c1-24(18-9-6-10-20(15-18)28-2)22(25)16-29-19-11-13-21(14-12-19)30(26,27)23-17-7-4-3-5-8-17/h6,9-15,17,23H,3-5,7-8,16H2,1-2H3. The molecular weight excluding hydrogens is 404 g/mol. The Morgan fingerprint density at radius 2 is 1.77 bits per heavy atom. The average molecular weight is 433 g/mol. The molecule has 2 aromatic carbocycles. The van der Waals surface area contributed by atoms with E-state index in [0.717, 1.165) is 32.1 Å². The zero-order valence-corrected chi connectivity index (χ0v) is 18.2. The van der Waals surface area contributed by atoms with Crippen LogP contribution in [0.3, 0.4) is 0 Å². The normalized spacial score (nSPS) is 14.9. The molecule has 3 rings (SSSR count). The van der Waals surface area contributed by atoms with Crippen LogP contribution >= 0.6 is 0 Å². The van der Waals surface area contributed by atoms with Crippen molar-refractivity contribution in [1.82, 2.24) is 4.72 Å². The van der Waals surface area contributed by atoms with Crippen molar-refractivity contribution in [3.63, 3.8) is 0 Å². The molecule has 0 radical (unpaired) electrons. The molecule has 0 bridgehead atoms. The first kappa shape index (κ1) is 22.1. The summed E-state index contributed by atoms with van der Waals surface area (Å²) in [5.74, 6) is 0.852. The van der Waals surface area contributed by atoms with Crippen molar-refractivity contribution >= 4 is 21.6 Å². The second-order valence-electron chi connectivity index (χ2n) is 7.37. The fourth-order valence-electron chi connectivity index (χ4n) is 3.43. The number of rotatable bonds is 8. The van der Waals surface area contributed by atoms with Gasteiger partial charge >= 0.3 is 0 Å². The SMILES string of the molecule is COc1cccc(N(C)C(=O)COc2ccc(S(=O)(=O)NC3CCCCC3)cc2)c1. The minimum Gasteiger partial charge on any atom is -0.497 e. The van der Waals surface area contributed by atoms with Gasteiger partial charge in [0.25, 0.3) is 5.91 Å². The van der Waals surface area contributed by atoms with Crippen molar-refractivity contribution in [2.24, 2.45) is 0 Å². The van der Waals surface area contributed by atoms with E-state index in [9.17, 15) is 13.2 Å². The smallest absolute Gasteiger partial charge is 0.264 e. The lowest BCUT2D eigenvalue weighted by atomic mass is 9.96. The number of carbonyl (C=O) groups is 1. The van der Waals surface area contributed by atoms with E-state index in [1.807, 2.05) is 0 Å². The van der Waals surface area contributed by atoms with Crippen LogP contribution in [0, 0.1) is 0 Å². The molecule has 162 valence electrons. The van der Waals surface area contributed by atoms with Crippen LogP contribution in [0.2, 0.25) is 0 Å². The van der Waals surface area contributed by atoms with Gasteiger partial charge in [0.1, 0.15) is 11.5 Å². The third-order valence-electron chi connectivity index (χ3n) is 5.24. The molecule has 0 saturated heterocycles. The van der Waals surface area contributed by atoms with Gasteiger partial charge in [-0.2, -0.15) is 0 Å². The summed E-state index contributed by atoms with van der Waals surface area (Å²) in [5, 5.41) is 0. The highest BCUT2D eigenvalue weighted by molar-refractivity contribution is 7.89. The Kier molecular flexibility index (Phi) is 7.33. The fourth-order valence-corrected chi connectivity index (χ4v) is 4.73. The van der Waals surface area contributed by atoms with Gasteiger partial charge in [0.15, 0.2) is 6.61 Å². The fraction of sp³-hybridized carbons (Fsp3) is 0.409. The number of amides is 1. The quantitative estimate of drug-likeness (QED) is 0.692. The number of ether oxygens (including phenoxy) is 2. The van der Waals surface area contributed by atoms with Gasteiger partial charge in [0.05, 0.1) is 12.0 Å². The summed E-state index contributed by atoms with van der Waals surface area (Å²) in [5.41, 5.74) is 0.693. The summed E-state index contributed by atoms with van der Waals surface area (Å²) < 4.78 is 38.6. The van der Waals surface area contributed by atoms with Crippen LogP contribution in [0.4, 0.5) is 5.69 Å². The van der Waals surface area contributed by atoms with Crippen molar-refractivity contribution in [3.8, 4) is 11.5 Å². The molecule has 0 heterocycles. The summed E-state index contributed by atoms with van der Waals surface area (Å²) in [6.45, 7) is -0.167. The first-order valence-corrected chi connectivity index (χ1v) is 11.5. The van der Waals surface area contributed by atoms with Gasteiger partial charge in [-0.05, 0) is 49.2 Å². The van der Waals surface area contributed by atoms with Gasteiger partial charge in [-0.15, -0.1) is 0 Å². The van der Waals surface area contributed by atoms with Crippen molar-refractivity contribution < 1.29 is 22.7 Å². The predicted molar refractivity (Wildman–Crippen MR) is 116 cm³/mol. The number of benzene rings is 2. The minimum atomic E-state index is -3.56. The lowest BCUT2D eigenvalue weighted by molar-refractivity contribution is -0.120. The van der Waals surface area contributed by atoms with Gasteiger partial charge in [0, 0.05) is 24.8 Å². The molecule has 1 aliphatic carbocycles. The van der Waals surface area contributed by atoms with E-state index >= 15 is 0 Å². The topological polar surface area (TPSA) is 84.9 Å². The zero-order valence-electron chi connectivity index (χ0n) is 17.3. The van der Waals surface area contributed by atoms with Crippen molar-refractivity contribution in [1.29, 1.82) is 0 Å². The number of anilines is 1. The van der Waals surface area contributed by atoms with E-state index in [1.54, 1.807) is 50.6 Å². The van der Waals surface area contributed by atoms with Gasteiger partial charge in [0.2, 0.25) is 10.0 Å². The largest absolute Gasteiger partial charge is 0.497 e. The molecule has 0 unspecified atom stereocenters. The highest BCUT2D eigenvalue weighted by Gasteiger charge is 2.22. The minimum absolute atomic E-state index is 0.00412. The number of hydrogen-bond acceptors (Lipinski definition) is 5. The third-order valence-corrected chi connectivity index (χ3v) is 6.77. The summed E-state index contributed by atoms with van der Waals surface area (Å²) in [6.07, 6.45) is 5.03. The number of carbonyl (C=O) groups excluding carboxylic acids is 1. The van der Waals surface area contributed by atoms with E-state index in [-0.39, 0.29) is 23.5 Å². The molecule has 0 aliphatic heterocycles. The summed E-state index contributed by atoms with van der Waals surface area (Å²) in [4.78, 5) is 14.1. The first-order chi connectivity index (χ1) is 14.4. The van der Waals surface area contributed by atoms with Crippen molar-refractivity contribution in [2.45, 2.75) is 43.0 Å². The van der Waals surface area contributed by atoms with Crippen LogP contribution in [-0.4, -0.2) is 41.1 Å². The molecule has 1 amide bonds. The van der Waals surface area contributed by atoms with E-state index in [0.29, 0.717) is 17.2 Å². The van der Waals surface area contributed by atoms with Gasteiger partial charge < -0.3 is 14.4 Å². The van der Waals surface area contributed by atoms with Crippen LogP contribution < -0.4 is 19.1 Å². The molecule has 8 heteroatoms. The Labute approximate surface area is 178 Å². The van der Waals surface area contributed by atoms with E-state index in [1.165, 1.54) is 17.0 Å². The third kappa shape index (κ3) is 5.73. The number of nitrogens with zero attached hydrogens (tertiary/aromatic N) is 1. The second-order valence-corrected chi connectivity index (χ2v) is 9.08. The van der Waals surface area contributed by atoms with E-state index in [4.69, 9.17) is 9.47 Å². The van der Waals surface area contributed by atoms with Crippen LogP contribution in [0.5, 0.6) is 11.5 Å².